The molecule has 2 amide bonds. The molecule has 148 valence electrons. The molecule has 0 radical (unpaired) electrons. The Morgan fingerprint density at radius 3 is 2.32 bits per heavy atom. The van der Waals surface area contributed by atoms with Crippen molar-refractivity contribution in [2.24, 2.45) is 0 Å². The summed E-state index contributed by atoms with van der Waals surface area (Å²) in [4.78, 5) is 24.3. The molecule has 8 heteroatoms. The van der Waals surface area contributed by atoms with Crippen molar-refractivity contribution in [3.63, 3.8) is 0 Å². The molecule has 0 saturated heterocycles. The van der Waals surface area contributed by atoms with Gasteiger partial charge < -0.3 is 10.6 Å². The van der Waals surface area contributed by atoms with Gasteiger partial charge in [0.1, 0.15) is 0 Å². The first kappa shape index (κ1) is 20.0. The number of carbonyl (C=O) groups is 2. The summed E-state index contributed by atoms with van der Waals surface area (Å²) in [5.41, 5.74) is 2.74. The molecule has 28 heavy (non-hydrogen) atoms. The molecule has 0 bridgehead atoms. The standard InChI is InChI=1S/C20H23N3O4S/c1-12-4-9-18(21-14(3)24)19(10-12)22-20(25)17-11-16(8-5-13(17)2)28(26,27)23-15-6-7-15/h4-5,8-11,15,23H,6-7H2,1-3H3,(H,21,24)(H,22,25). The zero-order chi connectivity index (χ0) is 20.5. The number of anilines is 2. The van der Waals surface area contributed by atoms with Gasteiger partial charge in [0.2, 0.25) is 15.9 Å². The van der Waals surface area contributed by atoms with Gasteiger partial charge in [-0.3, -0.25) is 9.59 Å². The van der Waals surface area contributed by atoms with E-state index in [0.29, 0.717) is 16.9 Å². The molecule has 2 aromatic carbocycles. The van der Waals surface area contributed by atoms with Crippen LogP contribution in [0, 0.1) is 13.8 Å². The first-order chi connectivity index (χ1) is 13.2. The Kier molecular flexibility index (Phi) is 5.53. The molecule has 1 aliphatic carbocycles. The number of rotatable bonds is 6. The van der Waals surface area contributed by atoms with Crippen molar-refractivity contribution < 1.29 is 18.0 Å². The number of carbonyl (C=O) groups excluding carboxylic acids is 2. The van der Waals surface area contributed by atoms with E-state index in [4.69, 9.17) is 0 Å². The van der Waals surface area contributed by atoms with Crippen LogP contribution in [0.15, 0.2) is 41.3 Å². The summed E-state index contributed by atoms with van der Waals surface area (Å²) >= 11 is 0. The van der Waals surface area contributed by atoms with Crippen LogP contribution >= 0.6 is 0 Å². The minimum absolute atomic E-state index is 0.0175. The largest absolute Gasteiger partial charge is 0.325 e. The van der Waals surface area contributed by atoms with Gasteiger partial charge in [0, 0.05) is 18.5 Å². The van der Waals surface area contributed by atoms with E-state index in [1.807, 2.05) is 13.0 Å². The summed E-state index contributed by atoms with van der Waals surface area (Å²) in [5, 5.41) is 5.45. The lowest BCUT2D eigenvalue weighted by molar-refractivity contribution is -0.114. The summed E-state index contributed by atoms with van der Waals surface area (Å²) in [5.74, 6) is -0.701. The highest BCUT2D eigenvalue weighted by Gasteiger charge is 2.28. The van der Waals surface area contributed by atoms with Gasteiger partial charge in [0.15, 0.2) is 0 Å². The van der Waals surface area contributed by atoms with Gasteiger partial charge in [-0.1, -0.05) is 12.1 Å². The van der Waals surface area contributed by atoms with Crippen molar-refractivity contribution in [3.8, 4) is 0 Å². The highest BCUT2D eigenvalue weighted by molar-refractivity contribution is 7.89. The number of sulfonamides is 1. The van der Waals surface area contributed by atoms with Crippen LogP contribution in [-0.2, 0) is 14.8 Å². The van der Waals surface area contributed by atoms with Crippen LogP contribution in [0.5, 0.6) is 0 Å². The van der Waals surface area contributed by atoms with Crippen LogP contribution in [0.2, 0.25) is 0 Å². The maximum absolute atomic E-state index is 12.9. The molecule has 2 aromatic rings. The Hall–Kier alpha value is -2.71. The second-order valence-electron chi connectivity index (χ2n) is 7.06. The molecular formula is C20H23N3O4S. The summed E-state index contributed by atoms with van der Waals surface area (Å²) in [6.07, 6.45) is 1.66. The molecule has 0 heterocycles. The quantitative estimate of drug-likeness (QED) is 0.692. The van der Waals surface area contributed by atoms with E-state index < -0.39 is 15.9 Å². The lowest BCUT2D eigenvalue weighted by Crippen LogP contribution is -2.26. The third-order valence-corrected chi connectivity index (χ3v) is 5.92. The van der Waals surface area contributed by atoms with Gasteiger partial charge in [0.25, 0.3) is 5.91 Å². The first-order valence-electron chi connectivity index (χ1n) is 8.98. The third kappa shape index (κ3) is 4.76. The molecule has 0 aliphatic heterocycles. The van der Waals surface area contributed by atoms with Gasteiger partial charge in [0.05, 0.1) is 16.3 Å². The summed E-state index contributed by atoms with van der Waals surface area (Å²) in [7, 11) is -3.66. The van der Waals surface area contributed by atoms with Crippen LogP contribution in [0.3, 0.4) is 0 Å². The number of hydrogen-bond acceptors (Lipinski definition) is 4. The van der Waals surface area contributed by atoms with Gasteiger partial charge >= 0.3 is 0 Å². The fourth-order valence-electron chi connectivity index (χ4n) is 2.75. The molecule has 1 saturated carbocycles. The van der Waals surface area contributed by atoms with E-state index in [9.17, 15) is 18.0 Å². The summed E-state index contributed by atoms with van der Waals surface area (Å²) < 4.78 is 27.5. The Labute approximate surface area is 164 Å². The number of benzene rings is 2. The lowest BCUT2D eigenvalue weighted by atomic mass is 10.1. The van der Waals surface area contributed by atoms with E-state index in [1.165, 1.54) is 19.1 Å². The molecule has 1 aliphatic rings. The average molecular weight is 401 g/mol. The SMILES string of the molecule is CC(=O)Nc1ccc(C)cc1NC(=O)c1cc(S(=O)(=O)NC2CC2)ccc1C. The highest BCUT2D eigenvalue weighted by Crippen LogP contribution is 2.26. The van der Waals surface area contributed by atoms with Crippen molar-refractivity contribution >= 4 is 33.2 Å². The minimum Gasteiger partial charge on any atom is -0.325 e. The van der Waals surface area contributed by atoms with E-state index in [0.717, 1.165) is 18.4 Å². The Balaban J connectivity index is 1.90. The molecule has 7 nitrogen and oxygen atoms in total. The van der Waals surface area contributed by atoms with Gasteiger partial charge in [-0.25, -0.2) is 13.1 Å². The van der Waals surface area contributed by atoms with Crippen LogP contribution in [0.4, 0.5) is 11.4 Å². The molecule has 0 spiro atoms. The first-order valence-corrected chi connectivity index (χ1v) is 10.5. The van der Waals surface area contributed by atoms with Gasteiger partial charge in [-0.05, 0) is 62.1 Å². The van der Waals surface area contributed by atoms with E-state index in [2.05, 4.69) is 15.4 Å². The number of hydrogen-bond donors (Lipinski definition) is 3. The van der Waals surface area contributed by atoms with Crippen LogP contribution in [0.1, 0.15) is 41.3 Å². The predicted octanol–water partition coefficient (Wildman–Crippen LogP) is 2.95. The normalized spacial score (nSPS) is 13.8. The zero-order valence-electron chi connectivity index (χ0n) is 16.0. The molecule has 0 aromatic heterocycles. The van der Waals surface area contributed by atoms with Crippen molar-refractivity contribution in [1.82, 2.24) is 4.72 Å². The fourth-order valence-corrected chi connectivity index (χ4v) is 4.08. The minimum atomic E-state index is -3.66. The van der Waals surface area contributed by atoms with Crippen molar-refractivity contribution in [1.29, 1.82) is 0 Å². The topological polar surface area (TPSA) is 104 Å². The maximum atomic E-state index is 12.9. The second-order valence-corrected chi connectivity index (χ2v) is 8.77. The molecule has 0 unspecified atom stereocenters. The summed E-state index contributed by atoms with van der Waals surface area (Å²) in [6.45, 7) is 5.00. The van der Waals surface area contributed by atoms with Crippen LogP contribution in [-0.4, -0.2) is 26.3 Å². The van der Waals surface area contributed by atoms with Gasteiger partial charge in [-0.15, -0.1) is 0 Å². The Morgan fingerprint density at radius 2 is 1.68 bits per heavy atom. The number of aryl methyl sites for hydroxylation is 2. The van der Waals surface area contributed by atoms with E-state index in [1.54, 1.807) is 25.1 Å². The van der Waals surface area contributed by atoms with Crippen LogP contribution < -0.4 is 15.4 Å². The predicted molar refractivity (Wildman–Crippen MR) is 108 cm³/mol. The third-order valence-electron chi connectivity index (χ3n) is 4.40. The Morgan fingerprint density at radius 1 is 0.964 bits per heavy atom. The maximum Gasteiger partial charge on any atom is 0.256 e. The zero-order valence-corrected chi connectivity index (χ0v) is 16.8. The lowest BCUT2D eigenvalue weighted by Gasteiger charge is -2.14. The molecule has 1 fully saturated rings. The number of amides is 2. The van der Waals surface area contributed by atoms with E-state index >= 15 is 0 Å². The molecule has 3 rings (SSSR count). The smallest absolute Gasteiger partial charge is 0.256 e. The van der Waals surface area contributed by atoms with Crippen molar-refractivity contribution in [2.75, 3.05) is 10.6 Å². The highest BCUT2D eigenvalue weighted by atomic mass is 32.2. The summed E-state index contributed by atoms with van der Waals surface area (Å²) in [6, 6.07) is 9.74. The second kappa shape index (κ2) is 7.73. The Bertz CT molecular complexity index is 1040. The van der Waals surface area contributed by atoms with Crippen LogP contribution in [0.25, 0.3) is 0 Å². The van der Waals surface area contributed by atoms with Gasteiger partial charge in [-0.2, -0.15) is 0 Å². The van der Waals surface area contributed by atoms with Crippen molar-refractivity contribution in [2.45, 2.75) is 44.6 Å². The van der Waals surface area contributed by atoms with Crippen molar-refractivity contribution in [3.05, 3.63) is 53.1 Å². The number of nitrogens with one attached hydrogen (secondary N) is 3. The fraction of sp³-hybridized carbons (Fsp3) is 0.300. The monoisotopic (exact) mass is 401 g/mol. The van der Waals surface area contributed by atoms with E-state index in [-0.39, 0.29) is 22.4 Å². The molecule has 3 N–H and O–H groups in total. The molecular weight excluding hydrogens is 378 g/mol. The average Bonchev–Trinajstić information content (AvgIpc) is 3.40. The molecule has 0 atom stereocenters.